The highest BCUT2D eigenvalue weighted by atomic mass is 32.1. The molecule has 0 spiro atoms. The summed E-state index contributed by atoms with van der Waals surface area (Å²) in [6, 6.07) is 0.189. The molecule has 0 atom stereocenters. The summed E-state index contributed by atoms with van der Waals surface area (Å²) >= 11 is 1.09. The topological polar surface area (TPSA) is 83.4 Å². The van der Waals surface area contributed by atoms with Crippen molar-refractivity contribution in [1.82, 2.24) is 14.5 Å². The van der Waals surface area contributed by atoms with E-state index in [1.54, 1.807) is 4.90 Å². The normalized spacial score (nSPS) is 14.7. The van der Waals surface area contributed by atoms with Crippen LogP contribution < -0.4 is 0 Å². The Morgan fingerprint density at radius 2 is 2.16 bits per heavy atom. The fourth-order valence-corrected chi connectivity index (χ4v) is 2.68. The first-order valence-corrected chi connectivity index (χ1v) is 7.13. The fourth-order valence-electron chi connectivity index (χ4n) is 1.91. The highest BCUT2D eigenvalue weighted by Gasteiger charge is 2.35. The van der Waals surface area contributed by atoms with Gasteiger partial charge in [-0.05, 0) is 30.3 Å². The van der Waals surface area contributed by atoms with E-state index in [0.29, 0.717) is 10.6 Å². The molecule has 1 amide bonds. The van der Waals surface area contributed by atoms with E-state index in [4.69, 9.17) is 5.11 Å². The summed E-state index contributed by atoms with van der Waals surface area (Å²) in [5, 5.41) is 12.8. The second-order valence-electron chi connectivity index (χ2n) is 5.02. The molecule has 19 heavy (non-hydrogen) atoms. The Hall–Kier alpha value is -1.50. The minimum absolute atomic E-state index is 0.0223. The van der Waals surface area contributed by atoms with Crippen LogP contribution in [0.5, 0.6) is 0 Å². The Bertz CT molecular complexity index is 482. The molecule has 0 aromatic carbocycles. The van der Waals surface area contributed by atoms with Crippen LogP contribution in [0.4, 0.5) is 0 Å². The van der Waals surface area contributed by atoms with Crippen LogP contribution in [0.15, 0.2) is 0 Å². The monoisotopic (exact) mass is 283 g/mol. The smallest absolute Gasteiger partial charge is 0.305 e. The number of carbonyl (C=O) groups is 2. The van der Waals surface area contributed by atoms with Gasteiger partial charge in [0.25, 0.3) is 5.91 Å². The van der Waals surface area contributed by atoms with Gasteiger partial charge >= 0.3 is 5.97 Å². The van der Waals surface area contributed by atoms with Crippen molar-refractivity contribution >= 4 is 23.4 Å². The molecule has 1 aliphatic carbocycles. The molecule has 0 aliphatic heterocycles. The first kappa shape index (κ1) is 13.9. The molecule has 104 valence electrons. The molecule has 1 heterocycles. The molecule has 7 heteroatoms. The van der Waals surface area contributed by atoms with Crippen molar-refractivity contribution < 1.29 is 14.7 Å². The summed E-state index contributed by atoms with van der Waals surface area (Å²) in [4.78, 5) is 25.4. The van der Waals surface area contributed by atoms with E-state index in [1.165, 1.54) is 0 Å². The predicted octanol–water partition coefficient (Wildman–Crippen LogP) is 1.74. The molecule has 1 fully saturated rings. The maximum Gasteiger partial charge on any atom is 0.305 e. The lowest BCUT2D eigenvalue weighted by atomic mass is 10.1. The summed E-state index contributed by atoms with van der Waals surface area (Å²) in [6.45, 7) is 4.19. The van der Waals surface area contributed by atoms with E-state index >= 15 is 0 Å². The molecule has 2 rings (SSSR count). The average Bonchev–Trinajstić information content (AvgIpc) is 3.04. The molecule has 0 saturated heterocycles. The zero-order valence-corrected chi connectivity index (χ0v) is 11.8. The third-order valence-electron chi connectivity index (χ3n) is 3.07. The van der Waals surface area contributed by atoms with Crippen LogP contribution in [-0.2, 0) is 4.79 Å². The lowest BCUT2D eigenvalue weighted by Gasteiger charge is -2.21. The van der Waals surface area contributed by atoms with Gasteiger partial charge in [-0.3, -0.25) is 9.59 Å². The molecular weight excluding hydrogens is 266 g/mol. The standard InChI is InChI=1S/C12H17N3O3S/c1-7(2)10-11(19-14-13-10)12(18)15(8-3-4-8)6-5-9(16)17/h7-8H,3-6H2,1-2H3,(H,16,17). The van der Waals surface area contributed by atoms with E-state index in [-0.39, 0.29) is 30.8 Å². The number of aromatic nitrogens is 2. The van der Waals surface area contributed by atoms with Crippen LogP contribution in [-0.4, -0.2) is 44.1 Å². The van der Waals surface area contributed by atoms with Gasteiger partial charge in [0.2, 0.25) is 0 Å². The molecular formula is C12H17N3O3S. The highest BCUT2D eigenvalue weighted by Crippen LogP contribution is 2.30. The Morgan fingerprint density at radius 3 is 2.68 bits per heavy atom. The largest absolute Gasteiger partial charge is 0.481 e. The van der Waals surface area contributed by atoms with Crippen molar-refractivity contribution in [2.75, 3.05) is 6.54 Å². The molecule has 1 saturated carbocycles. The number of hydrogen-bond acceptors (Lipinski definition) is 5. The van der Waals surface area contributed by atoms with Gasteiger partial charge in [-0.15, -0.1) is 5.10 Å². The maximum absolute atomic E-state index is 12.5. The summed E-state index contributed by atoms with van der Waals surface area (Å²) in [7, 11) is 0. The maximum atomic E-state index is 12.5. The Kier molecular flexibility index (Phi) is 4.14. The van der Waals surface area contributed by atoms with Crippen molar-refractivity contribution in [1.29, 1.82) is 0 Å². The van der Waals surface area contributed by atoms with Gasteiger partial charge < -0.3 is 10.0 Å². The lowest BCUT2D eigenvalue weighted by molar-refractivity contribution is -0.137. The van der Waals surface area contributed by atoms with Gasteiger partial charge in [0.1, 0.15) is 4.88 Å². The second-order valence-corrected chi connectivity index (χ2v) is 5.77. The van der Waals surface area contributed by atoms with E-state index in [9.17, 15) is 9.59 Å². The van der Waals surface area contributed by atoms with Crippen molar-refractivity contribution in [2.24, 2.45) is 0 Å². The lowest BCUT2D eigenvalue weighted by Crippen LogP contribution is -2.35. The molecule has 1 N–H and O–H groups in total. The zero-order valence-electron chi connectivity index (χ0n) is 11.0. The van der Waals surface area contributed by atoms with E-state index < -0.39 is 5.97 Å². The number of amides is 1. The molecule has 1 aromatic rings. The number of hydrogen-bond donors (Lipinski definition) is 1. The summed E-state index contributed by atoms with van der Waals surface area (Å²) in [5.74, 6) is -0.870. The van der Waals surface area contributed by atoms with Gasteiger partial charge in [-0.2, -0.15) is 0 Å². The van der Waals surface area contributed by atoms with Gasteiger partial charge in [0.05, 0.1) is 12.1 Å². The minimum atomic E-state index is -0.884. The Labute approximate surface area is 115 Å². The molecule has 6 nitrogen and oxygen atoms in total. The summed E-state index contributed by atoms with van der Waals surface area (Å²) < 4.78 is 3.85. The fraction of sp³-hybridized carbons (Fsp3) is 0.667. The van der Waals surface area contributed by atoms with Crippen molar-refractivity contribution in [3.8, 4) is 0 Å². The number of rotatable bonds is 6. The number of aliphatic carboxylic acids is 1. The highest BCUT2D eigenvalue weighted by molar-refractivity contribution is 7.08. The van der Waals surface area contributed by atoms with Crippen LogP contribution in [0.1, 0.15) is 54.4 Å². The summed E-state index contributed by atoms with van der Waals surface area (Å²) in [5.41, 5.74) is 0.705. The Balaban J connectivity index is 2.14. The van der Waals surface area contributed by atoms with Crippen LogP contribution >= 0.6 is 11.5 Å². The van der Waals surface area contributed by atoms with Crippen LogP contribution in [0.2, 0.25) is 0 Å². The van der Waals surface area contributed by atoms with Gasteiger partial charge in [-0.1, -0.05) is 18.3 Å². The molecule has 0 unspecified atom stereocenters. The molecule has 1 aromatic heterocycles. The number of carbonyl (C=O) groups excluding carboxylic acids is 1. The first-order valence-electron chi connectivity index (χ1n) is 6.35. The summed E-state index contributed by atoms with van der Waals surface area (Å²) in [6.07, 6.45) is 1.88. The van der Waals surface area contributed by atoms with E-state index in [2.05, 4.69) is 9.59 Å². The van der Waals surface area contributed by atoms with Crippen molar-refractivity contribution in [2.45, 2.75) is 45.1 Å². The second kappa shape index (κ2) is 5.64. The third kappa shape index (κ3) is 3.28. The van der Waals surface area contributed by atoms with Gasteiger partial charge in [0.15, 0.2) is 0 Å². The van der Waals surface area contributed by atoms with Crippen LogP contribution in [0.3, 0.4) is 0 Å². The van der Waals surface area contributed by atoms with Crippen LogP contribution in [0.25, 0.3) is 0 Å². The van der Waals surface area contributed by atoms with Crippen LogP contribution in [0, 0.1) is 0 Å². The predicted molar refractivity (Wildman–Crippen MR) is 70.3 cm³/mol. The van der Waals surface area contributed by atoms with Crippen molar-refractivity contribution in [3.05, 3.63) is 10.6 Å². The molecule has 0 bridgehead atoms. The van der Waals surface area contributed by atoms with E-state index in [1.807, 2.05) is 13.8 Å². The number of nitrogens with zero attached hydrogens (tertiary/aromatic N) is 3. The number of carboxylic acids is 1. The number of carboxylic acid groups (broad SMARTS) is 1. The van der Waals surface area contributed by atoms with Crippen molar-refractivity contribution in [3.63, 3.8) is 0 Å². The van der Waals surface area contributed by atoms with Gasteiger partial charge in [0, 0.05) is 12.6 Å². The first-order chi connectivity index (χ1) is 9.00. The van der Waals surface area contributed by atoms with Gasteiger partial charge in [-0.25, -0.2) is 0 Å². The average molecular weight is 283 g/mol. The minimum Gasteiger partial charge on any atom is -0.481 e. The van der Waals surface area contributed by atoms with E-state index in [0.717, 1.165) is 24.4 Å². The zero-order chi connectivity index (χ0) is 14.0. The molecule has 0 radical (unpaired) electrons. The third-order valence-corrected chi connectivity index (χ3v) is 3.80. The molecule has 1 aliphatic rings. The Morgan fingerprint density at radius 1 is 1.47 bits per heavy atom. The quantitative estimate of drug-likeness (QED) is 0.859. The SMILES string of the molecule is CC(C)c1nnsc1C(=O)N(CCC(=O)O)C1CC1.